The van der Waals surface area contributed by atoms with E-state index in [0.29, 0.717) is 18.2 Å². The zero-order valence-corrected chi connectivity index (χ0v) is 13.0. The van der Waals surface area contributed by atoms with Gasteiger partial charge < -0.3 is 10.4 Å². The van der Waals surface area contributed by atoms with Crippen molar-refractivity contribution in [1.29, 1.82) is 0 Å². The Labute approximate surface area is 130 Å². The van der Waals surface area contributed by atoms with Gasteiger partial charge in [0.25, 0.3) is 0 Å². The average Bonchev–Trinajstić information content (AvgIpc) is 2.81. The molecule has 0 spiro atoms. The van der Waals surface area contributed by atoms with E-state index in [4.69, 9.17) is 5.14 Å². The van der Waals surface area contributed by atoms with Crippen molar-refractivity contribution in [2.24, 2.45) is 5.14 Å². The summed E-state index contributed by atoms with van der Waals surface area (Å²) in [7, 11) is -4.48. The fourth-order valence-corrected chi connectivity index (χ4v) is 4.15. The SMILES string of the molecule is NS(=O)(=O)c1ccc(NCC2(O)CCSC2)cc1C(F)(F)F. The Kier molecular flexibility index (Phi) is 4.67. The van der Waals surface area contributed by atoms with Crippen molar-refractivity contribution in [3.63, 3.8) is 0 Å². The van der Waals surface area contributed by atoms with Crippen LogP contribution >= 0.6 is 11.8 Å². The number of thioether (sulfide) groups is 1. The lowest BCUT2D eigenvalue weighted by molar-refractivity contribution is -0.139. The summed E-state index contributed by atoms with van der Waals surface area (Å²) in [6.07, 6.45) is -4.30. The molecule has 1 aliphatic heterocycles. The van der Waals surface area contributed by atoms with Crippen molar-refractivity contribution in [2.75, 3.05) is 23.4 Å². The highest BCUT2D eigenvalue weighted by Gasteiger charge is 2.37. The summed E-state index contributed by atoms with van der Waals surface area (Å²) in [5.41, 5.74) is -2.22. The molecule has 0 amide bonds. The van der Waals surface area contributed by atoms with Crippen LogP contribution in [0.25, 0.3) is 0 Å². The molecule has 1 aliphatic rings. The van der Waals surface area contributed by atoms with Gasteiger partial charge in [0.1, 0.15) is 0 Å². The fraction of sp³-hybridized carbons (Fsp3) is 0.500. The molecule has 1 saturated heterocycles. The Bertz CT molecular complexity index is 656. The van der Waals surface area contributed by atoms with Crippen LogP contribution < -0.4 is 10.5 Å². The number of halogens is 3. The maximum absolute atomic E-state index is 13.0. The molecule has 1 unspecified atom stereocenters. The van der Waals surface area contributed by atoms with Gasteiger partial charge in [-0.15, -0.1) is 0 Å². The van der Waals surface area contributed by atoms with Crippen molar-refractivity contribution in [2.45, 2.75) is 23.1 Å². The molecule has 0 radical (unpaired) electrons. The number of nitrogens with two attached hydrogens (primary N) is 1. The lowest BCUT2D eigenvalue weighted by Crippen LogP contribution is -2.36. The molecule has 1 aromatic carbocycles. The van der Waals surface area contributed by atoms with E-state index in [1.54, 1.807) is 11.8 Å². The van der Waals surface area contributed by atoms with E-state index in [9.17, 15) is 26.7 Å². The zero-order valence-electron chi connectivity index (χ0n) is 11.4. The monoisotopic (exact) mass is 356 g/mol. The van der Waals surface area contributed by atoms with Crippen LogP contribution in [0.3, 0.4) is 0 Å². The Morgan fingerprint density at radius 1 is 1.41 bits per heavy atom. The molecule has 0 aliphatic carbocycles. The number of alkyl halides is 3. The van der Waals surface area contributed by atoms with Gasteiger partial charge in [-0.1, -0.05) is 0 Å². The Balaban J connectivity index is 2.27. The number of primary sulfonamides is 1. The summed E-state index contributed by atoms with van der Waals surface area (Å²) >= 11 is 1.56. The normalized spacial score (nSPS) is 22.8. The van der Waals surface area contributed by atoms with Crippen LogP contribution in [0.2, 0.25) is 0 Å². The van der Waals surface area contributed by atoms with E-state index in [2.05, 4.69) is 5.32 Å². The Morgan fingerprint density at radius 3 is 2.59 bits per heavy atom. The number of benzene rings is 1. The molecule has 1 fully saturated rings. The molecular weight excluding hydrogens is 341 g/mol. The van der Waals surface area contributed by atoms with Gasteiger partial charge in [0.05, 0.1) is 16.1 Å². The van der Waals surface area contributed by atoms with Crippen LogP contribution in [-0.4, -0.2) is 37.2 Å². The number of sulfonamides is 1. The Morgan fingerprint density at radius 2 is 2.09 bits per heavy atom. The number of hydrogen-bond donors (Lipinski definition) is 3. The van der Waals surface area contributed by atoms with E-state index in [1.807, 2.05) is 0 Å². The standard InChI is InChI=1S/C12H15F3N2O3S2/c13-12(14,15)9-5-8(1-2-10(9)22(16,19)20)17-6-11(18)3-4-21-7-11/h1-2,5,17-18H,3-4,6-7H2,(H2,16,19,20). The van der Waals surface area contributed by atoms with E-state index in [0.717, 1.165) is 11.8 Å². The highest BCUT2D eigenvalue weighted by atomic mass is 32.2. The van der Waals surface area contributed by atoms with E-state index >= 15 is 0 Å². The average molecular weight is 356 g/mol. The van der Waals surface area contributed by atoms with Crippen molar-refractivity contribution in [1.82, 2.24) is 0 Å². The Hall–Kier alpha value is -0.970. The van der Waals surface area contributed by atoms with Gasteiger partial charge in [-0.25, -0.2) is 13.6 Å². The van der Waals surface area contributed by atoms with Gasteiger partial charge in [0.15, 0.2) is 0 Å². The molecule has 5 nitrogen and oxygen atoms in total. The lowest BCUT2D eigenvalue weighted by Gasteiger charge is -2.23. The molecule has 0 saturated carbocycles. The van der Waals surface area contributed by atoms with Gasteiger partial charge in [0, 0.05) is 18.0 Å². The number of nitrogens with one attached hydrogen (secondary N) is 1. The lowest BCUT2D eigenvalue weighted by atomic mass is 10.0. The zero-order chi connectivity index (χ0) is 16.6. The first-order valence-electron chi connectivity index (χ1n) is 6.29. The van der Waals surface area contributed by atoms with Gasteiger partial charge in [-0.2, -0.15) is 24.9 Å². The quantitative estimate of drug-likeness (QED) is 0.763. The van der Waals surface area contributed by atoms with Gasteiger partial charge in [-0.05, 0) is 30.4 Å². The highest BCUT2D eigenvalue weighted by molar-refractivity contribution is 7.99. The minimum Gasteiger partial charge on any atom is -0.387 e. The third-order valence-electron chi connectivity index (χ3n) is 3.30. The second-order valence-electron chi connectivity index (χ2n) is 5.13. The third kappa shape index (κ3) is 4.06. The number of hydrogen-bond acceptors (Lipinski definition) is 5. The predicted molar refractivity (Wildman–Crippen MR) is 78.2 cm³/mol. The molecule has 124 valence electrons. The van der Waals surface area contributed by atoms with E-state index in [1.165, 1.54) is 6.07 Å². The summed E-state index contributed by atoms with van der Waals surface area (Å²) in [6, 6.07) is 2.69. The summed E-state index contributed by atoms with van der Waals surface area (Å²) in [5, 5.41) is 17.7. The third-order valence-corrected chi connectivity index (χ3v) is 5.50. The van der Waals surface area contributed by atoms with Gasteiger partial charge in [0.2, 0.25) is 10.0 Å². The minimum atomic E-state index is -4.85. The second-order valence-corrected chi connectivity index (χ2v) is 7.77. The summed E-state index contributed by atoms with van der Waals surface area (Å²) in [4.78, 5) is -0.972. The number of anilines is 1. The minimum absolute atomic E-state index is 0.0741. The summed E-state index contributed by atoms with van der Waals surface area (Å²) < 4.78 is 61.4. The van der Waals surface area contributed by atoms with E-state index in [-0.39, 0.29) is 12.2 Å². The maximum Gasteiger partial charge on any atom is 0.417 e. The van der Waals surface area contributed by atoms with Crippen LogP contribution in [0.5, 0.6) is 0 Å². The first-order chi connectivity index (χ1) is 10.0. The van der Waals surface area contributed by atoms with Crippen molar-refractivity contribution < 1.29 is 26.7 Å². The van der Waals surface area contributed by atoms with Crippen molar-refractivity contribution >= 4 is 27.5 Å². The van der Waals surface area contributed by atoms with Gasteiger partial charge in [-0.3, -0.25) is 0 Å². The second kappa shape index (κ2) is 5.91. The molecule has 4 N–H and O–H groups in total. The molecule has 0 aromatic heterocycles. The highest BCUT2D eigenvalue weighted by Crippen LogP contribution is 2.36. The summed E-state index contributed by atoms with van der Waals surface area (Å²) in [6.45, 7) is 0.0893. The molecular formula is C12H15F3N2O3S2. The van der Waals surface area contributed by atoms with Crippen molar-refractivity contribution in [3.05, 3.63) is 23.8 Å². The topological polar surface area (TPSA) is 92.4 Å². The molecule has 10 heteroatoms. The van der Waals surface area contributed by atoms with Crippen molar-refractivity contribution in [3.8, 4) is 0 Å². The molecule has 1 heterocycles. The van der Waals surface area contributed by atoms with E-state index < -0.39 is 32.3 Å². The first-order valence-corrected chi connectivity index (χ1v) is 8.99. The van der Waals surface area contributed by atoms with Crippen LogP contribution in [0.1, 0.15) is 12.0 Å². The first kappa shape index (κ1) is 17.4. The number of rotatable bonds is 4. The molecule has 2 rings (SSSR count). The predicted octanol–water partition coefficient (Wildman–Crippen LogP) is 1.63. The van der Waals surface area contributed by atoms with Crippen LogP contribution in [0.15, 0.2) is 23.1 Å². The smallest absolute Gasteiger partial charge is 0.387 e. The van der Waals surface area contributed by atoms with Crippen LogP contribution in [0, 0.1) is 0 Å². The molecule has 0 bridgehead atoms. The number of aliphatic hydroxyl groups is 1. The van der Waals surface area contributed by atoms with Crippen LogP contribution in [0.4, 0.5) is 18.9 Å². The molecule has 22 heavy (non-hydrogen) atoms. The molecule has 1 atom stereocenters. The molecule has 1 aromatic rings. The fourth-order valence-electron chi connectivity index (χ4n) is 2.11. The largest absolute Gasteiger partial charge is 0.417 e. The summed E-state index contributed by atoms with van der Waals surface area (Å²) in [5.74, 6) is 1.29. The maximum atomic E-state index is 13.0. The van der Waals surface area contributed by atoms with Crippen LogP contribution in [-0.2, 0) is 16.2 Å². The van der Waals surface area contributed by atoms with Gasteiger partial charge >= 0.3 is 6.18 Å².